The maximum Gasteiger partial charge on any atom is 0.263 e. The van der Waals surface area contributed by atoms with Gasteiger partial charge in [0.05, 0.1) is 15.3 Å². The largest absolute Gasteiger partial charge is 0.338 e. The topological polar surface area (TPSA) is 92.3 Å². The van der Waals surface area contributed by atoms with E-state index in [4.69, 9.17) is 0 Å². The zero-order valence-corrected chi connectivity index (χ0v) is 18.5. The van der Waals surface area contributed by atoms with Crippen LogP contribution in [0.15, 0.2) is 53.6 Å². The van der Waals surface area contributed by atoms with E-state index in [1.807, 2.05) is 23.1 Å². The van der Waals surface area contributed by atoms with E-state index in [-0.39, 0.29) is 10.8 Å². The fourth-order valence-electron chi connectivity index (χ4n) is 3.78. The van der Waals surface area contributed by atoms with Crippen molar-refractivity contribution in [3.05, 3.63) is 53.5 Å². The van der Waals surface area contributed by atoms with Crippen molar-refractivity contribution in [1.29, 1.82) is 0 Å². The summed E-state index contributed by atoms with van der Waals surface area (Å²) in [6.07, 6.45) is 5.02. The Morgan fingerprint density at radius 1 is 1.13 bits per heavy atom. The average molecular weight is 453 g/mol. The summed E-state index contributed by atoms with van der Waals surface area (Å²) in [6.45, 7) is 1.63. The molecule has 158 valence electrons. The highest BCUT2D eigenvalue weighted by molar-refractivity contribution is 7.90. The van der Waals surface area contributed by atoms with Crippen molar-refractivity contribution in [2.75, 3.05) is 24.7 Å². The molecule has 0 bridgehead atoms. The first-order valence-electron chi connectivity index (χ1n) is 9.94. The molecule has 1 fully saturated rings. The Balaban J connectivity index is 1.52. The van der Waals surface area contributed by atoms with E-state index in [0.717, 1.165) is 51.8 Å². The zero-order chi connectivity index (χ0) is 21.6. The number of carbonyl (C=O) groups is 1. The van der Waals surface area contributed by atoms with Crippen LogP contribution in [0.2, 0.25) is 0 Å². The fraction of sp³-hybridized carbons (Fsp3) is 0.227. The van der Waals surface area contributed by atoms with Crippen molar-refractivity contribution < 1.29 is 13.2 Å². The molecular formula is C22H20N4O3S2. The second kappa shape index (κ2) is 7.58. The lowest BCUT2D eigenvalue weighted by atomic mass is 10.2. The summed E-state index contributed by atoms with van der Waals surface area (Å²) in [7, 11) is -3.31. The number of likely N-dealkylation sites (tertiary alicyclic amines) is 1. The quantitative estimate of drug-likeness (QED) is 0.498. The first-order chi connectivity index (χ1) is 14.9. The number of hydrogen-bond acceptors (Lipinski definition) is 7. The Hall–Kier alpha value is -3.04. The zero-order valence-electron chi connectivity index (χ0n) is 16.8. The summed E-state index contributed by atoms with van der Waals surface area (Å²) in [5.41, 5.74) is 1.34. The minimum absolute atomic E-state index is 0.0804. The summed E-state index contributed by atoms with van der Waals surface area (Å²) in [5.74, 6) is 0.445. The molecule has 1 aliphatic rings. The second-order valence-corrected chi connectivity index (χ2v) is 10.7. The van der Waals surface area contributed by atoms with Gasteiger partial charge in [0.25, 0.3) is 5.91 Å². The summed E-state index contributed by atoms with van der Waals surface area (Å²) >= 11 is 1.48. The molecule has 31 heavy (non-hydrogen) atoms. The molecule has 7 nitrogen and oxygen atoms in total. The van der Waals surface area contributed by atoms with Gasteiger partial charge in [-0.25, -0.2) is 18.4 Å². The van der Waals surface area contributed by atoms with Gasteiger partial charge in [-0.05, 0) is 49.2 Å². The van der Waals surface area contributed by atoms with Crippen LogP contribution in [0.3, 0.4) is 0 Å². The third-order valence-corrected chi connectivity index (χ3v) is 7.57. The first kappa shape index (κ1) is 19.9. The van der Waals surface area contributed by atoms with Gasteiger partial charge in [-0.1, -0.05) is 6.07 Å². The molecule has 0 atom stereocenters. The van der Waals surface area contributed by atoms with Crippen LogP contribution in [0.25, 0.3) is 21.0 Å². The molecular weight excluding hydrogens is 432 g/mol. The van der Waals surface area contributed by atoms with Gasteiger partial charge in [-0.3, -0.25) is 4.79 Å². The van der Waals surface area contributed by atoms with E-state index >= 15 is 0 Å². The number of aromatic nitrogens is 2. The number of amides is 1. The van der Waals surface area contributed by atoms with Crippen LogP contribution >= 0.6 is 11.3 Å². The van der Waals surface area contributed by atoms with Gasteiger partial charge in [0, 0.05) is 46.7 Å². The van der Waals surface area contributed by atoms with E-state index in [9.17, 15) is 13.2 Å². The number of rotatable bonds is 4. The minimum atomic E-state index is -3.31. The van der Waals surface area contributed by atoms with Crippen LogP contribution < -0.4 is 5.32 Å². The molecule has 9 heteroatoms. The van der Waals surface area contributed by atoms with Crippen LogP contribution in [-0.4, -0.2) is 48.5 Å². The summed E-state index contributed by atoms with van der Waals surface area (Å²) in [4.78, 5) is 24.7. The molecule has 0 radical (unpaired) electrons. The smallest absolute Gasteiger partial charge is 0.263 e. The average Bonchev–Trinajstić information content (AvgIpc) is 3.43. The van der Waals surface area contributed by atoms with Crippen molar-refractivity contribution in [3.8, 4) is 0 Å². The molecule has 2 aromatic heterocycles. The summed E-state index contributed by atoms with van der Waals surface area (Å²) in [6, 6.07) is 12.4. The van der Waals surface area contributed by atoms with Gasteiger partial charge in [0.15, 0.2) is 9.84 Å². The number of thiophene rings is 1. The van der Waals surface area contributed by atoms with E-state index < -0.39 is 9.84 Å². The van der Waals surface area contributed by atoms with Crippen molar-refractivity contribution in [1.82, 2.24) is 14.9 Å². The Morgan fingerprint density at radius 3 is 2.71 bits per heavy atom. The van der Waals surface area contributed by atoms with Crippen LogP contribution in [-0.2, 0) is 9.84 Å². The van der Waals surface area contributed by atoms with E-state index in [1.165, 1.54) is 17.6 Å². The second-order valence-electron chi connectivity index (χ2n) is 7.64. The highest BCUT2D eigenvalue weighted by Crippen LogP contribution is 2.33. The Morgan fingerprint density at radius 2 is 1.94 bits per heavy atom. The lowest BCUT2D eigenvalue weighted by Crippen LogP contribution is -2.26. The standard InChI is InChI=1S/C22H20N4O3S2/c1-31(28,29)16-6-4-5-15(11-16)24-22-23-13-14-7-8-18-17(20(14)25-22)12-19(30-18)21(27)26-9-2-3-10-26/h4-8,11-13H,2-3,9-10H2,1H3,(H,23,24,25). The molecule has 0 aliphatic carbocycles. The Bertz CT molecular complexity index is 1420. The van der Waals surface area contributed by atoms with Gasteiger partial charge in [-0.15, -0.1) is 11.3 Å². The van der Waals surface area contributed by atoms with Crippen molar-refractivity contribution >= 4 is 59.7 Å². The van der Waals surface area contributed by atoms with Gasteiger partial charge < -0.3 is 10.2 Å². The molecule has 1 amide bonds. The van der Waals surface area contributed by atoms with Crippen molar-refractivity contribution in [3.63, 3.8) is 0 Å². The summed E-state index contributed by atoms with van der Waals surface area (Å²) in [5, 5.41) is 4.88. The monoisotopic (exact) mass is 452 g/mol. The number of hydrogen-bond donors (Lipinski definition) is 1. The number of benzene rings is 2. The highest BCUT2D eigenvalue weighted by atomic mass is 32.2. The molecule has 1 saturated heterocycles. The Labute approximate surface area is 183 Å². The number of nitrogens with one attached hydrogen (secondary N) is 1. The number of anilines is 2. The number of carbonyl (C=O) groups excluding carboxylic acids is 1. The number of nitrogens with zero attached hydrogens (tertiary/aromatic N) is 3. The van der Waals surface area contributed by atoms with Crippen LogP contribution in [0, 0.1) is 0 Å². The predicted octanol–water partition coefficient (Wildman–Crippen LogP) is 4.23. The molecule has 1 N–H and O–H groups in total. The van der Waals surface area contributed by atoms with Gasteiger partial charge in [0.2, 0.25) is 5.95 Å². The van der Waals surface area contributed by atoms with Crippen molar-refractivity contribution in [2.24, 2.45) is 0 Å². The fourth-order valence-corrected chi connectivity index (χ4v) is 5.48. The molecule has 2 aromatic carbocycles. The lowest BCUT2D eigenvalue weighted by molar-refractivity contribution is 0.0797. The van der Waals surface area contributed by atoms with Crippen LogP contribution in [0.4, 0.5) is 11.6 Å². The minimum Gasteiger partial charge on any atom is -0.338 e. The maximum atomic E-state index is 12.8. The normalized spacial score (nSPS) is 14.4. The first-order valence-corrected chi connectivity index (χ1v) is 12.6. The maximum absolute atomic E-state index is 12.8. The number of fused-ring (bicyclic) bond motifs is 3. The van der Waals surface area contributed by atoms with E-state index in [0.29, 0.717) is 11.6 Å². The van der Waals surface area contributed by atoms with Gasteiger partial charge >= 0.3 is 0 Å². The highest BCUT2D eigenvalue weighted by Gasteiger charge is 2.22. The SMILES string of the molecule is CS(=O)(=O)c1cccc(Nc2ncc3ccc4sc(C(=O)N5CCCC5)cc4c3n2)c1. The third kappa shape index (κ3) is 3.86. The van der Waals surface area contributed by atoms with E-state index in [2.05, 4.69) is 15.3 Å². The van der Waals surface area contributed by atoms with Crippen molar-refractivity contribution in [2.45, 2.75) is 17.7 Å². The molecule has 0 unspecified atom stereocenters. The number of sulfone groups is 1. The molecule has 0 spiro atoms. The molecule has 1 aliphatic heterocycles. The Kier molecular flexibility index (Phi) is 4.86. The molecule has 4 aromatic rings. The lowest BCUT2D eigenvalue weighted by Gasteiger charge is -2.13. The van der Waals surface area contributed by atoms with Gasteiger partial charge in [0.1, 0.15) is 0 Å². The van der Waals surface area contributed by atoms with Crippen LogP contribution in [0.5, 0.6) is 0 Å². The molecule has 3 heterocycles. The third-order valence-electron chi connectivity index (χ3n) is 5.37. The van der Waals surface area contributed by atoms with Crippen LogP contribution in [0.1, 0.15) is 22.5 Å². The summed E-state index contributed by atoms with van der Waals surface area (Å²) < 4.78 is 24.6. The van der Waals surface area contributed by atoms with Gasteiger partial charge in [-0.2, -0.15) is 0 Å². The predicted molar refractivity (Wildman–Crippen MR) is 123 cm³/mol. The van der Waals surface area contributed by atoms with E-state index in [1.54, 1.807) is 30.5 Å². The molecule has 0 saturated carbocycles. The molecule has 5 rings (SSSR count).